The van der Waals surface area contributed by atoms with Gasteiger partial charge in [0.05, 0.1) is 32.9 Å². The highest BCUT2D eigenvalue weighted by Crippen LogP contribution is 2.66. The van der Waals surface area contributed by atoms with E-state index in [-0.39, 0.29) is 12.1 Å². The normalized spacial score (nSPS) is 24.3. The van der Waals surface area contributed by atoms with E-state index in [1.165, 1.54) is 14.2 Å². The number of H-pyrrole nitrogens is 1. The molecule has 19 nitrogen and oxygen atoms in total. The van der Waals surface area contributed by atoms with E-state index in [1.54, 1.807) is 18.2 Å². The minimum Gasteiger partial charge on any atom is -0.493 e. The van der Waals surface area contributed by atoms with Crippen LogP contribution in [0.1, 0.15) is 17.2 Å². The third-order valence-corrected chi connectivity index (χ3v) is 9.13. The van der Waals surface area contributed by atoms with Crippen molar-refractivity contribution in [2.24, 2.45) is 0 Å². The lowest BCUT2D eigenvalue weighted by molar-refractivity contribution is -0.0228. The molecule has 2 unspecified atom stereocenters. The number of nitrogens with one attached hydrogen (secondary N) is 1. The van der Waals surface area contributed by atoms with Gasteiger partial charge in [0.1, 0.15) is 24.4 Å². The molecule has 1 aromatic heterocycles. The van der Waals surface area contributed by atoms with Gasteiger partial charge in [-0.2, -0.15) is 8.62 Å². The van der Waals surface area contributed by atoms with Gasteiger partial charge in [0.2, 0.25) is 0 Å². The van der Waals surface area contributed by atoms with Crippen molar-refractivity contribution in [2.45, 2.75) is 31.0 Å². The number of aromatic nitrogens is 2. The molecule has 1 saturated heterocycles. The second-order valence-electron chi connectivity index (χ2n) is 8.12. The molecule has 3 rings (SSSR count). The summed E-state index contributed by atoms with van der Waals surface area (Å²) >= 11 is 0. The molecule has 6 atom stereocenters. The number of hydrogen-bond donors (Lipinski definition) is 7. The Morgan fingerprint density at radius 3 is 2.20 bits per heavy atom. The first-order valence-electron chi connectivity index (χ1n) is 10.8. The number of aromatic amines is 1. The monoisotopic (exact) mass is 634 g/mol. The smallest absolute Gasteiger partial charge is 0.490 e. The van der Waals surface area contributed by atoms with Crippen LogP contribution in [0.5, 0.6) is 11.5 Å². The number of methoxy groups -OCH3 is 2. The molecule has 40 heavy (non-hydrogen) atoms. The summed E-state index contributed by atoms with van der Waals surface area (Å²) in [6, 6.07) is 4.80. The summed E-state index contributed by atoms with van der Waals surface area (Å²) in [6.07, 6.45) is -5.80. The molecule has 1 fully saturated rings. The van der Waals surface area contributed by atoms with E-state index >= 15 is 0 Å². The maximum Gasteiger partial charge on any atom is 0.490 e. The van der Waals surface area contributed by atoms with Gasteiger partial charge in [-0.15, -0.1) is 0 Å². The molecule has 0 spiro atoms. The van der Waals surface area contributed by atoms with Gasteiger partial charge in [-0.05, 0) is 17.7 Å². The Hall–Kier alpha value is -2.21. The maximum atomic E-state index is 12.5. The van der Waals surface area contributed by atoms with E-state index in [0.29, 0.717) is 17.1 Å². The maximum absolute atomic E-state index is 12.5. The predicted molar refractivity (Wildman–Crippen MR) is 129 cm³/mol. The summed E-state index contributed by atoms with van der Waals surface area (Å²) in [6.45, 7) is -1.16. The van der Waals surface area contributed by atoms with Crippen molar-refractivity contribution in [3.63, 3.8) is 0 Å². The molecule has 0 aliphatic carbocycles. The highest BCUT2D eigenvalue weighted by atomic mass is 31.3. The molecule has 1 aliphatic rings. The number of aliphatic hydroxyl groups is 2. The zero-order valence-corrected chi connectivity index (χ0v) is 23.2. The highest BCUT2D eigenvalue weighted by molar-refractivity contribution is 7.66. The summed E-state index contributed by atoms with van der Waals surface area (Å²) in [5, 5.41) is 20.8. The van der Waals surface area contributed by atoms with E-state index in [0.717, 1.165) is 10.8 Å². The molecule has 0 saturated carbocycles. The first-order chi connectivity index (χ1) is 18.4. The fraction of sp³-hybridized carbons (Fsp3) is 0.444. The first kappa shape index (κ1) is 32.3. The lowest BCUT2D eigenvalue weighted by Gasteiger charge is -2.19. The second-order valence-corrected chi connectivity index (χ2v) is 12.5. The van der Waals surface area contributed by atoms with Crippen LogP contribution in [0.25, 0.3) is 0 Å². The fourth-order valence-electron chi connectivity index (χ4n) is 3.64. The van der Waals surface area contributed by atoms with Crippen molar-refractivity contribution in [2.75, 3.05) is 20.8 Å². The predicted octanol–water partition coefficient (Wildman–Crippen LogP) is -0.893. The van der Waals surface area contributed by atoms with Crippen LogP contribution < -0.4 is 20.7 Å². The quantitative estimate of drug-likeness (QED) is 0.139. The Morgan fingerprint density at radius 1 is 0.950 bits per heavy atom. The van der Waals surface area contributed by atoms with Crippen LogP contribution in [-0.4, -0.2) is 78.5 Å². The van der Waals surface area contributed by atoms with Crippen LogP contribution in [-0.2, 0) is 38.1 Å². The van der Waals surface area contributed by atoms with Gasteiger partial charge < -0.3 is 44.0 Å². The minimum atomic E-state index is -5.79. The zero-order valence-electron chi connectivity index (χ0n) is 20.5. The van der Waals surface area contributed by atoms with Gasteiger partial charge in [-0.25, -0.2) is 18.5 Å². The van der Waals surface area contributed by atoms with E-state index in [1.807, 2.05) is 0 Å². The van der Waals surface area contributed by atoms with Gasteiger partial charge in [0.25, 0.3) is 5.56 Å². The van der Waals surface area contributed by atoms with Gasteiger partial charge >= 0.3 is 29.2 Å². The number of rotatable bonds is 12. The third-order valence-electron chi connectivity index (χ3n) is 5.33. The Balaban J connectivity index is 1.77. The molecule has 0 bridgehead atoms. The molecule has 224 valence electrons. The Kier molecular flexibility index (Phi) is 9.97. The molecule has 1 aromatic carbocycles. The Labute approximate surface area is 223 Å². The van der Waals surface area contributed by atoms with Crippen LogP contribution in [0.15, 0.2) is 34.0 Å². The number of phosphoric acid groups is 3. The average molecular weight is 634 g/mol. The molecule has 2 heterocycles. The van der Waals surface area contributed by atoms with Gasteiger partial charge in [0, 0.05) is 6.20 Å². The van der Waals surface area contributed by atoms with Crippen molar-refractivity contribution in [3.05, 3.63) is 56.4 Å². The summed E-state index contributed by atoms with van der Waals surface area (Å²) in [7, 11) is -14.1. The van der Waals surface area contributed by atoms with Crippen molar-refractivity contribution in [1.29, 1.82) is 0 Å². The van der Waals surface area contributed by atoms with Crippen LogP contribution in [0.4, 0.5) is 0 Å². The second kappa shape index (κ2) is 12.3. The van der Waals surface area contributed by atoms with Gasteiger partial charge in [0.15, 0.2) is 11.5 Å². The van der Waals surface area contributed by atoms with Crippen molar-refractivity contribution >= 4 is 23.5 Å². The summed E-state index contributed by atoms with van der Waals surface area (Å²) in [5.74, 6) is 0.800. The molecular formula is C18H25N2O17P3. The van der Waals surface area contributed by atoms with Crippen LogP contribution in [0, 0.1) is 0 Å². The van der Waals surface area contributed by atoms with Crippen LogP contribution in [0.3, 0.4) is 0 Å². The SMILES string of the molecule is COc1ccc(Cn2cc([C@@H]3O[C@H](COP(=O)(O)OP(=O)(O)OP(=O)(O)O)[C@@H](O)[C@H]3O)c(=O)[nH]c2=O)cc1OC. The van der Waals surface area contributed by atoms with Crippen molar-refractivity contribution in [1.82, 2.24) is 9.55 Å². The molecule has 1 aliphatic heterocycles. The lowest BCUT2D eigenvalue weighted by atomic mass is 10.0. The highest BCUT2D eigenvalue weighted by Gasteiger charge is 2.47. The third kappa shape index (κ3) is 8.18. The Bertz CT molecular complexity index is 1480. The average Bonchev–Trinajstić information content (AvgIpc) is 3.10. The molecule has 0 amide bonds. The van der Waals surface area contributed by atoms with Crippen molar-refractivity contribution < 1.29 is 70.8 Å². The number of nitrogens with zero attached hydrogens (tertiary/aromatic N) is 1. The van der Waals surface area contributed by atoms with Gasteiger partial charge in [-0.1, -0.05) is 6.07 Å². The first-order valence-corrected chi connectivity index (χ1v) is 15.3. The molecule has 22 heteroatoms. The number of hydrogen-bond acceptors (Lipinski definition) is 13. The Morgan fingerprint density at radius 2 is 1.60 bits per heavy atom. The van der Waals surface area contributed by atoms with E-state index in [4.69, 9.17) is 24.0 Å². The topological polar surface area (TPSA) is 283 Å². The number of ether oxygens (including phenoxy) is 3. The van der Waals surface area contributed by atoms with Crippen LogP contribution >= 0.6 is 23.5 Å². The van der Waals surface area contributed by atoms with E-state index in [9.17, 15) is 43.3 Å². The van der Waals surface area contributed by atoms with Crippen LogP contribution in [0.2, 0.25) is 0 Å². The summed E-state index contributed by atoms with van der Waals surface area (Å²) in [5.41, 5.74) is -1.55. The number of phosphoric ester groups is 1. The molecular weight excluding hydrogens is 609 g/mol. The largest absolute Gasteiger partial charge is 0.493 e. The standard InChI is InChI=1S/C18H25N2O17P3/c1-32-11-4-3-9(5-12(11)33-2)6-20-7-10(17(23)19-18(20)24)16-15(22)14(21)13(35-16)8-34-39(28,29)37-40(30,31)36-38(25,26)27/h3-5,7,13-16,21-22H,6,8H2,1-2H3,(H,28,29)(H,30,31)(H,19,23,24)(H2,25,26,27)/t13-,14-,15-,16+/m1/s1. The zero-order chi connectivity index (χ0) is 30.0. The van der Waals surface area contributed by atoms with Gasteiger partial charge in [-0.3, -0.25) is 18.9 Å². The summed E-state index contributed by atoms with van der Waals surface area (Å²) < 4.78 is 62.5. The number of aliphatic hydroxyl groups excluding tert-OH is 2. The fourth-order valence-corrected chi connectivity index (χ4v) is 6.67. The number of benzene rings is 1. The van der Waals surface area contributed by atoms with E-state index in [2.05, 4.69) is 18.1 Å². The van der Waals surface area contributed by atoms with E-state index < -0.39 is 65.7 Å². The molecule has 0 radical (unpaired) electrons. The lowest BCUT2D eigenvalue weighted by Crippen LogP contribution is -2.36. The summed E-state index contributed by atoms with van der Waals surface area (Å²) in [4.78, 5) is 62.9. The molecule has 2 aromatic rings. The van der Waals surface area contributed by atoms with Crippen molar-refractivity contribution in [3.8, 4) is 11.5 Å². The molecule has 7 N–H and O–H groups in total. The minimum absolute atomic E-state index is 0.0796.